The van der Waals surface area contributed by atoms with Gasteiger partial charge in [0.15, 0.2) is 6.04 Å². The highest BCUT2D eigenvalue weighted by molar-refractivity contribution is 7.99. The first-order valence-corrected chi connectivity index (χ1v) is 16.5. The largest absolute Gasteiger partial charge is 0.467 e. The number of esters is 2. The summed E-state index contributed by atoms with van der Waals surface area (Å²) in [5.41, 5.74) is 0. The molecule has 0 aromatic carbocycles. The lowest BCUT2D eigenvalue weighted by atomic mass is 10.0. The molecule has 0 radical (unpaired) electrons. The Hall–Kier alpha value is -0.940. The minimum absolute atomic E-state index is 0.0358. The predicted molar refractivity (Wildman–Crippen MR) is 162 cm³/mol. The highest BCUT2D eigenvalue weighted by Crippen LogP contribution is 2.26. The molecule has 40 heavy (non-hydrogen) atoms. The number of ether oxygens (including phenoxy) is 2. The van der Waals surface area contributed by atoms with E-state index in [2.05, 4.69) is 22.3 Å². The normalized spacial score (nSPS) is 12.8. The molecule has 0 aliphatic heterocycles. The molecule has 0 rings (SSSR count). The molecule has 0 saturated heterocycles. The zero-order valence-corrected chi connectivity index (χ0v) is 26.9. The van der Waals surface area contributed by atoms with Gasteiger partial charge < -0.3 is 25.2 Å². The summed E-state index contributed by atoms with van der Waals surface area (Å²) in [4.78, 5) is 48.3. The summed E-state index contributed by atoms with van der Waals surface area (Å²) in [7, 11) is 1.11. The molecule has 3 N–H and O–H groups in total. The Morgan fingerprint density at radius 1 is 0.825 bits per heavy atom. The van der Waals surface area contributed by atoms with Crippen LogP contribution in [0.1, 0.15) is 96.8 Å². The first kappa shape index (κ1) is 39.1. The number of halogens is 3. The lowest BCUT2D eigenvalue weighted by molar-refractivity contribution is -0.146. The molecular formula is C27H47Cl3N2O7S. The molecule has 0 aromatic rings. The second-order valence-electron chi connectivity index (χ2n) is 9.58. The van der Waals surface area contributed by atoms with Gasteiger partial charge in [0.25, 0.3) is 9.70 Å². The van der Waals surface area contributed by atoms with Crippen molar-refractivity contribution in [1.29, 1.82) is 0 Å². The number of aliphatic hydroxyl groups excluding tert-OH is 1. The van der Waals surface area contributed by atoms with Gasteiger partial charge in [0.1, 0.15) is 12.6 Å². The molecule has 0 heterocycles. The highest BCUT2D eigenvalue weighted by atomic mass is 35.6. The Balaban J connectivity index is 4.14. The van der Waals surface area contributed by atoms with Gasteiger partial charge >= 0.3 is 11.9 Å². The maximum atomic E-state index is 12.6. The van der Waals surface area contributed by atoms with E-state index in [4.69, 9.17) is 39.5 Å². The van der Waals surface area contributed by atoms with Gasteiger partial charge in [-0.25, -0.2) is 4.79 Å². The van der Waals surface area contributed by atoms with Crippen LogP contribution in [0, 0.1) is 0 Å². The Labute approximate surface area is 258 Å². The standard InChI is InChI=1S/C27H47Cl3N2O7S/c1-3-4-5-6-7-8-9-10-11-12-13-14-15-16-23(34)39-17-18-40-20-22(32-26(37)27(28,29)30)24(35)31-21(19-33)25(36)38-2/h21-22,33H,3-20H2,1-2H3,(H,31,35)(H,32,37)/t21-,22+/m0/s1. The second-order valence-corrected chi connectivity index (χ2v) is 13.0. The molecular weight excluding hydrogens is 603 g/mol. The SMILES string of the molecule is CCCCCCCCCCCCCCCC(=O)OCCSC[C@@H](NC(=O)C(Cl)(Cl)Cl)C(=O)N[C@@H](CO)C(=O)OC. The lowest BCUT2D eigenvalue weighted by Crippen LogP contribution is -2.55. The lowest BCUT2D eigenvalue weighted by Gasteiger charge is -2.22. The molecule has 0 unspecified atom stereocenters. The highest BCUT2D eigenvalue weighted by Gasteiger charge is 2.35. The van der Waals surface area contributed by atoms with Gasteiger partial charge in [0.05, 0.1) is 13.7 Å². The van der Waals surface area contributed by atoms with Crippen LogP contribution in [-0.4, -0.2) is 76.6 Å². The van der Waals surface area contributed by atoms with E-state index in [9.17, 15) is 24.3 Å². The topological polar surface area (TPSA) is 131 Å². The van der Waals surface area contributed by atoms with Crippen LogP contribution < -0.4 is 10.6 Å². The number of hydrogen-bond acceptors (Lipinski definition) is 8. The molecule has 0 aliphatic rings. The molecule has 13 heteroatoms. The van der Waals surface area contributed by atoms with Crippen molar-refractivity contribution in [3.63, 3.8) is 0 Å². The zero-order valence-electron chi connectivity index (χ0n) is 23.8. The van der Waals surface area contributed by atoms with E-state index in [0.29, 0.717) is 12.2 Å². The molecule has 0 aromatic heterocycles. The fraction of sp³-hybridized carbons (Fsp3) is 0.852. The number of methoxy groups -OCH3 is 1. The van der Waals surface area contributed by atoms with Crippen molar-refractivity contribution < 1.29 is 33.8 Å². The number of unbranched alkanes of at least 4 members (excludes halogenated alkanes) is 12. The van der Waals surface area contributed by atoms with E-state index in [0.717, 1.165) is 26.4 Å². The molecule has 234 valence electrons. The zero-order chi connectivity index (χ0) is 30.2. The smallest absolute Gasteiger partial charge is 0.330 e. The van der Waals surface area contributed by atoms with Crippen molar-refractivity contribution in [2.75, 3.05) is 31.8 Å². The first-order chi connectivity index (χ1) is 19.1. The number of rotatable bonds is 24. The first-order valence-electron chi connectivity index (χ1n) is 14.2. The average Bonchev–Trinajstić information content (AvgIpc) is 2.92. The molecule has 9 nitrogen and oxygen atoms in total. The Kier molecular flexibility index (Phi) is 24.1. The number of aliphatic hydroxyl groups is 1. The maximum Gasteiger partial charge on any atom is 0.330 e. The van der Waals surface area contributed by atoms with Crippen LogP contribution in [0.2, 0.25) is 0 Å². The van der Waals surface area contributed by atoms with Crippen LogP contribution >= 0.6 is 46.6 Å². The van der Waals surface area contributed by atoms with Gasteiger partial charge in [-0.05, 0) is 6.42 Å². The third kappa shape index (κ3) is 20.9. The third-order valence-corrected chi connectivity index (χ3v) is 7.66. The molecule has 0 spiro atoms. The summed E-state index contributed by atoms with van der Waals surface area (Å²) < 4.78 is 7.46. The van der Waals surface area contributed by atoms with Crippen molar-refractivity contribution in [1.82, 2.24) is 10.6 Å². The number of hydrogen-bond donors (Lipinski definition) is 3. The fourth-order valence-electron chi connectivity index (χ4n) is 3.79. The number of thioether (sulfide) groups is 1. The monoisotopic (exact) mass is 648 g/mol. The van der Waals surface area contributed by atoms with Gasteiger partial charge in [0, 0.05) is 17.9 Å². The predicted octanol–water partition coefficient (Wildman–Crippen LogP) is 5.25. The van der Waals surface area contributed by atoms with Crippen LogP contribution in [0.15, 0.2) is 0 Å². The molecule has 0 aliphatic carbocycles. The van der Waals surface area contributed by atoms with E-state index in [1.54, 1.807) is 0 Å². The molecule has 2 amide bonds. The average molecular weight is 650 g/mol. The molecule has 0 fully saturated rings. The summed E-state index contributed by atoms with van der Waals surface area (Å²) in [5.74, 6) is -2.54. The number of amides is 2. The van der Waals surface area contributed by atoms with E-state index in [1.165, 1.54) is 76.0 Å². The van der Waals surface area contributed by atoms with Crippen molar-refractivity contribution in [2.45, 2.75) is 113 Å². The maximum absolute atomic E-state index is 12.6. The van der Waals surface area contributed by atoms with Gasteiger partial charge in [-0.15, -0.1) is 0 Å². The van der Waals surface area contributed by atoms with E-state index in [-0.39, 0.29) is 18.3 Å². The van der Waals surface area contributed by atoms with Crippen LogP contribution in [0.5, 0.6) is 0 Å². The van der Waals surface area contributed by atoms with E-state index >= 15 is 0 Å². The van der Waals surface area contributed by atoms with Crippen LogP contribution in [-0.2, 0) is 28.7 Å². The number of nitrogens with one attached hydrogen (secondary N) is 2. The van der Waals surface area contributed by atoms with Crippen LogP contribution in [0.4, 0.5) is 0 Å². The minimum atomic E-state index is -2.30. The van der Waals surface area contributed by atoms with Crippen molar-refractivity contribution >= 4 is 70.3 Å². The second kappa shape index (κ2) is 24.6. The summed E-state index contributed by atoms with van der Waals surface area (Å²) in [6.07, 6.45) is 16.4. The number of carbonyl (C=O) groups is 4. The van der Waals surface area contributed by atoms with E-state index < -0.39 is 40.3 Å². The van der Waals surface area contributed by atoms with Gasteiger partial charge in [0.2, 0.25) is 5.91 Å². The van der Waals surface area contributed by atoms with Gasteiger partial charge in [-0.3, -0.25) is 14.4 Å². The molecule has 2 atom stereocenters. The minimum Gasteiger partial charge on any atom is -0.467 e. The summed E-state index contributed by atoms with van der Waals surface area (Å²) >= 11 is 18.0. The number of alkyl halides is 3. The Morgan fingerprint density at radius 2 is 1.35 bits per heavy atom. The summed E-state index contributed by atoms with van der Waals surface area (Å²) in [6.45, 7) is 1.67. The van der Waals surface area contributed by atoms with Crippen molar-refractivity contribution in [3.05, 3.63) is 0 Å². The summed E-state index contributed by atoms with van der Waals surface area (Å²) in [6, 6.07) is -2.51. The van der Waals surface area contributed by atoms with Gasteiger partial charge in [-0.2, -0.15) is 11.8 Å². The van der Waals surface area contributed by atoms with Gasteiger partial charge in [-0.1, -0.05) is 119 Å². The quantitative estimate of drug-likeness (QED) is 0.0735. The molecule has 0 saturated carbocycles. The van der Waals surface area contributed by atoms with Crippen LogP contribution in [0.25, 0.3) is 0 Å². The van der Waals surface area contributed by atoms with Crippen molar-refractivity contribution in [3.8, 4) is 0 Å². The summed E-state index contributed by atoms with van der Waals surface area (Å²) in [5, 5.41) is 13.9. The van der Waals surface area contributed by atoms with E-state index in [1.807, 2.05) is 0 Å². The number of carbonyl (C=O) groups excluding carboxylic acids is 4. The third-order valence-electron chi connectivity index (χ3n) is 6.12. The Morgan fingerprint density at radius 3 is 1.82 bits per heavy atom. The Bertz CT molecular complexity index is 727. The van der Waals surface area contributed by atoms with Crippen molar-refractivity contribution in [2.24, 2.45) is 0 Å². The fourth-order valence-corrected chi connectivity index (χ4v) is 4.79. The molecule has 0 bridgehead atoms. The van der Waals surface area contributed by atoms with Crippen LogP contribution in [0.3, 0.4) is 0 Å².